The number of nitrogens with one attached hydrogen (secondary N) is 5. The lowest BCUT2D eigenvalue weighted by Gasteiger charge is -2.23. The Morgan fingerprint density at radius 1 is 0.538 bits per heavy atom. The van der Waals surface area contributed by atoms with Crippen LogP contribution in [0.4, 0.5) is 14.4 Å². The third-order valence-corrected chi connectivity index (χ3v) is 9.77. The van der Waals surface area contributed by atoms with Crippen LogP contribution in [0.3, 0.4) is 0 Å². The second-order valence-electron chi connectivity index (χ2n) is 18.1. The van der Waals surface area contributed by atoms with Gasteiger partial charge in [-0.3, -0.25) is 14.5 Å². The van der Waals surface area contributed by atoms with Gasteiger partial charge in [-0.25, -0.2) is 14.4 Å². The number of alkyl carbamates (subject to hydrolysis) is 3. The maximum Gasteiger partial charge on any atom is 0.407 e. The van der Waals surface area contributed by atoms with Crippen molar-refractivity contribution in [1.82, 2.24) is 31.5 Å². The number of unbranched alkanes of at least 4 members (excludes halogenated alkanes) is 3. The van der Waals surface area contributed by atoms with E-state index in [0.29, 0.717) is 110 Å². The molecule has 17 nitrogen and oxygen atoms in total. The van der Waals surface area contributed by atoms with Crippen molar-refractivity contribution in [2.45, 2.75) is 142 Å². The molecule has 0 aliphatic carbocycles. The highest BCUT2D eigenvalue weighted by atomic mass is 16.6. The van der Waals surface area contributed by atoms with Gasteiger partial charge in [0.15, 0.2) is 0 Å². The standard InChI is InChI=1S/C48H80N8O9/c1-47(2,3)64-45(60)54-28-14-11-21-40(49)42(57)51-30-16-32-56(33-17-31-52-43(58)41(50)22-12-15-29-55-46(61)65-48(4,5)6)34-35-62-39-25-23-37(24-26-39)18-10-13-27-53-44(59)63-36-38-19-8-7-9-20-38/h7-9,19-20,23-26,40-41H,10-18,21-22,27-36,49-50H2,1-6H3,(H,51,57)(H,52,58)(H,53,59)(H,54,60)(H,55,61)/t40-,41-/m0/s1. The minimum absolute atomic E-state index is 0.210. The van der Waals surface area contributed by atoms with E-state index in [-0.39, 0.29) is 18.4 Å². The monoisotopic (exact) mass is 913 g/mol. The van der Waals surface area contributed by atoms with E-state index in [4.69, 9.17) is 30.4 Å². The predicted octanol–water partition coefficient (Wildman–Crippen LogP) is 5.67. The number of hydrogen-bond acceptors (Lipinski definition) is 12. The average molecular weight is 913 g/mol. The molecule has 0 fully saturated rings. The van der Waals surface area contributed by atoms with Crippen LogP contribution in [0.25, 0.3) is 0 Å². The molecule has 65 heavy (non-hydrogen) atoms. The van der Waals surface area contributed by atoms with Crippen molar-refractivity contribution in [3.05, 3.63) is 65.7 Å². The Kier molecular flexibility index (Phi) is 27.3. The first-order valence-corrected chi connectivity index (χ1v) is 23.3. The molecule has 17 heteroatoms. The summed E-state index contributed by atoms with van der Waals surface area (Å²) in [5.41, 5.74) is 13.3. The van der Waals surface area contributed by atoms with Crippen molar-refractivity contribution in [1.29, 1.82) is 0 Å². The topological polar surface area (TPSA) is 238 Å². The molecule has 5 amide bonds. The van der Waals surface area contributed by atoms with Gasteiger partial charge in [0.2, 0.25) is 11.8 Å². The molecule has 0 saturated heterocycles. The van der Waals surface area contributed by atoms with Crippen LogP contribution in [0.2, 0.25) is 0 Å². The van der Waals surface area contributed by atoms with E-state index in [1.165, 1.54) is 5.56 Å². The van der Waals surface area contributed by atoms with Gasteiger partial charge >= 0.3 is 18.3 Å². The zero-order valence-electron chi connectivity index (χ0n) is 40.0. The Bertz CT molecular complexity index is 1590. The SMILES string of the molecule is CC(C)(C)OC(=O)NCCCC[C@H](N)C(=O)NCCCN(CCCNC(=O)[C@@H](N)CCCCNC(=O)OC(C)(C)C)CCOc1ccc(CCCCNC(=O)OCc2ccccc2)cc1. The van der Waals surface area contributed by atoms with E-state index in [0.717, 1.165) is 30.6 Å². The van der Waals surface area contributed by atoms with E-state index < -0.39 is 41.6 Å². The van der Waals surface area contributed by atoms with Gasteiger partial charge in [-0.2, -0.15) is 0 Å². The third kappa shape index (κ3) is 29.8. The van der Waals surface area contributed by atoms with Crippen LogP contribution in [-0.2, 0) is 36.8 Å². The minimum Gasteiger partial charge on any atom is -0.492 e. The van der Waals surface area contributed by atoms with Crippen LogP contribution in [0, 0.1) is 0 Å². The van der Waals surface area contributed by atoms with Crippen LogP contribution in [-0.4, -0.2) is 117 Å². The number of aryl methyl sites for hydroxylation is 1. The van der Waals surface area contributed by atoms with Gasteiger partial charge < -0.3 is 57.0 Å². The molecule has 2 rings (SSSR count). The van der Waals surface area contributed by atoms with Crippen molar-refractivity contribution in [2.24, 2.45) is 11.5 Å². The number of nitrogens with zero attached hydrogens (tertiary/aromatic N) is 1. The van der Waals surface area contributed by atoms with Crippen LogP contribution >= 0.6 is 0 Å². The number of nitrogens with two attached hydrogens (primary N) is 2. The van der Waals surface area contributed by atoms with Gasteiger partial charge in [0.25, 0.3) is 0 Å². The number of ether oxygens (including phenoxy) is 4. The molecule has 2 aromatic carbocycles. The summed E-state index contributed by atoms with van der Waals surface area (Å²) >= 11 is 0. The summed E-state index contributed by atoms with van der Waals surface area (Å²) in [6, 6.07) is 16.3. The first kappa shape index (κ1) is 56.0. The largest absolute Gasteiger partial charge is 0.492 e. The molecule has 0 radical (unpaired) electrons. The molecule has 9 N–H and O–H groups in total. The Balaban J connectivity index is 1.74. The molecule has 0 spiro atoms. The minimum atomic E-state index is -0.644. The molecule has 0 heterocycles. The van der Waals surface area contributed by atoms with Crippen LogP contribution < -0.4 is 42.8 Å². The molecule has 2 aromatic rings. The fourth-order valence-corrected chi connectivity index (χ4v) is 6.34. The lowest BCUT2D eigenvalue weighted by molar-refractivity contribution is -0.123. The zero-order valence-corrected chi connectivity index (χ0v) is 40.0. The number of hydrogen-bond donors (Lipinski definition) is 7. The Morgan fingerprint density at radius 2 is 1.00 bits per heavy atom. The molecule has 366 valence electrons. The molecule has 0 aliphatic rings. The fraction of sp³-hybridized carbons (Fsp3) is 0.646. The molecular weight excluding hydrogens is 833 g/mol. The van der Waals surface area contributed by atoms with Crippen molar-refractivity contribution >= 4 is 30.1 Å². The average Bonchev–Trinajstić information content (AvgIpc) is 3.24. The van der Waals surface area contributed by atoms with Gasteiger partial charge in [0, 0.05) is 39.3 Å². The molecule has 0 bridgehead atoms. The Labute approximate surface area is 387 Å². The molecular formula is C48H80N8O9. The van der Waals surface area contributed by atoms with E-state index >= 15 is 0 Å². The summed E-state index contributed by atoms with van der Waals surface area (Å²) in [5, 5.41) is 14.1. The van der Waals surface area contributed by atoms with E-state index in [1.54, 1.807) is 41.5 Å². The maximum atomic E-state index is 12.7. The van der Waals surface area contributed by atoms with Gasteiger partial charge in [-0.05, 0) is 149 Å². The highest BCUT2D eigenvalue weighted by Crippen LogP contribution is 2.15. The van der Waals surface area contributed by atoms with E-state index in [9.17, 15) is 24.0 Å². The first-order chi connectivity index (χ1) is 30.9. The summed E-state index contributed by atoms with van der Waals surface area (Å²) in [6.45, 7) is 15.9. The third-order valence-electron chi connectivity index (χ3n) is 9.77. The highest BCUT2D eigenvalue weighted by Gasteiger charge is 2.18. The number of benzene rings is 2. The van der Waals surface area contributed by atoms with Gasteiger partial charge in [0.05, 0.1) is 12.1 Å². The number of rotatable bonds is 31. The highest BCUT2D eigenvalue weighted by molar-refractivity contribution is 5.81. The lowest BCUT2D eigenvalue weighted by Crippen LogP contribution is -2.42. The first-order valence-electron chi connectivity index (χ1n) is 23.3. The van der Waals surface area contributed by atoms with Gasteiger partial charge in [0.1, 0.15) is 30.2 Å². The Morgan fingerprint density at radius 3 is 1.49 bits per heavy atom. The van der Waals surface area contributed by atoms with Gasteiger partial charge in [-0.15, -0.1) is 0 Å². The van der Waals surface area contributed by atoms with E-state index in [2.05, 4.69) is 43.6 Å². The summed E-state index contributed by atoms with van der Waals surface area (Å²) in [4.78, 5) is 63.3. The summed E-state index contributed by atoms with van der Waals surface area (Å²) < 4.78 is 21.9. The summed E-state index contributed by atoms with van der Waals surface area (Å²) in [6.07, 6.45) is 6.37. The second kappa shape index (κ2) is 31.7. The normalized spacial score (nSPS) is 12.4. The Hall–Kier alpha value is -5.13. The molecule has 0 saturated carbocycles. The van der Waals surface area contributed by atoms with Crippen LogP contribution in [0.5, 0.6) is 5.75 Å². The van der Waals surface area contributed by atoms with Crippen molar-refractivity contribution in [3.8, 4) is 5.75 Å². The predicted molar refractivity (Wildman–Crippen MR) is 253 cm³/mol. The zero-order chi connectivity index (χ0) is 47.9. The summed E-state index contributed by atoms with van der Waals surface area (Å²) in [5.74, 6) is 0.343. The van der Waals surface area contributed by atoms with Crippen molar-refractivity contribution in [3.63, 3.8) is 0 Å². The smallest absolute Gasteiger partial charge is 0.407 e. The number of carbonyl (C=O) groups excluding carboxylic acids is 5. The molecule has 0 aliphatic heterocycles. The molecule has 0 unspecified atom stereocenters. The van der Waals surface area contributed by atoms with Crippen molar-refractivity contribution in [2.75, 3.05) is 59.0 Å². The quantitative estimate of drug-likeness (QED) is 0.0358. The fourth-order valence-electron chi connectivity index (χ4n) is 6.34. The number of carbonyl (C=O) groups is 5. The summed E-state index contributed by atoms with van der Waals surface area (Å²) in [7, 11) is 0. The molecule has 2 atom stereocenters. The van der Waals surface area contributed by atoms with Crippen molar-refractivity contribution < 1.29 is 42.9 Å². The molecule has 0 aromatic heterocycles. The lowest BCUT2D eigenvalue weighted by atomic mass is 10.1. The van der Waals surface area contributed by atoms with Crippen LogP contribution in [0.1, 0.15) is 117 Å². The maximum absolute atomic E-state index is 12.7. The van der Waals surface area contributed by atoms with Gasteiger partial charge in [-0.1, -0.05) is 42.5 Å². The van der Waals surface area contributed by atoms with Crippen LogP contribution in [0.15, 0.2) is 54.6 Å². The van der Waals surface area contributed by atoms with E-state index in [1.807, 2.05) is 42.5 Å². The second-order valence-corrected chi connectivity index (χ2v) is 18.1. The number of amides is 5.